The number of carbonyl (C=O) groups is 1. The molecule has 6 heteroatoms. The lowest BCUT2D eigenvalue weighted by molar-refractivity contribution is -0.129. The molecule has 0 saturated carbocycles. The maximum absolute atomic E-state index is 13.0. The Morgan fingerprint density at radius 1 is 1.04 bits per heavy atom. The fourth-order valence-electron chi connectivity index (χ4n) is 2.44. The summed E-state index contributed by atoms with van der Waals surface area (Å²) in [6.07, 6.45) is 1.61. The van der Waals surface area contributed by atoms with Crippen LogP contribution < -0.4 is 9.47 Å². The fourth-order valence-corrected chi connectivity index (χ4v) is 2.44. The molecule has 1 heterocycles. The van der Waals surface area contributed by atoms with E-state index in [0.717, 1.165) is 5.56 Å². The second-order valence-electron chi connectivity index (χ2n) is 5.42. The molecule has 134 valence electrons. The Labute approximate surface area is 150 Å². The lowest BCUT2D eigenvalue weighted by atomic mass is 10.1. The quantitative estimate of drug-likeness (QED) is 0.581. The molecule has 0 fully saturated rings. The van der Waals surface area contributed by atoms with Gasteiger partial charge in [-0.25, -0.2) is 14.2 Å². The Bertz CT molecular complexity index is 872. The molecule has 0 aliphatic carbocycles. The van der Waals surface area contributed by atoms with Crippen LogP contribution in [0.3, 0.4) is 0 Å². The molecule has 1 aliphatic heterocycles. The van der Waals surface area contributed by atoms with Crippen LogP contribution in [0.25, 0.3) is 6.08 Å². The number of halogens is 1. The van der Waals surface area contributed by atoms with E-state index in [0.29, 0.717) is 30.3 Å². The molecule has 2 aromatic carbocycles. The molecular weight excluding hydrogens is 337 g/mol. The molecule has 5 nitrogen and oxygen atoms in total. The van der Waals surface area contributed by atoms with Crippen molar-refractivity contribution in [2.45, 2.75) is 13.8 Å². The van der Waals surface area contributed by atoms with Gasteiger partial charge in [0, 0.05) is 5.56 Å². The highest BCUT2D eigenvalue weighted by molar-refractivity contribution is 6.12. The summed E-state index contributed by atoms with van der Waals surface area (Å²) in [5.41, 5.74) is 1.42. The molecule has 0 N–H and O–H groups in total. The Hall–Kier alpha value is -3.15. The van der Waals surface area contributed by atoms with Crippen molar-refractivity contribution in [1.29, 1.82) is 0 Å². The van der Waals surface area contributed by atoms with Crippen LogP contribution in [0, 0.1) is 5.82 Å². The summed E-state index contributed by atoms with van der Waals surface area (Å²) in [6.45, 7) is 4.80. The van der Waals surface area contributed by atoms with Gasteiger partial charge in [0.1, 0.15) is 5.82 Å². The van der Waals surface area contributed by atoms with Crippen molar-refractivity contribution in [2.24, 2.45) is 4.99 Å². The third-order valence-electron chi connectivity index (χ3n) is 3.58. The van der Waals surface area contributed by atoms with E-state index in [1.54, 1.807) is 24.3 Å². The number of nitrogens with zero attached hydrogens (tertiary/aromatic N) is 1. The first kappa shape index (κ1) is 17.7. The third kappa shape index (κ3) is 3.91. The molecule has 0 saturated heterocycles. The average molecular weight is 355 g/mol. The SMILES string of the molecule is CCOc1ccc(/C=C2/N=C(c3ccc(F)cc3)OC2=O)cc1OCC. The van der Waals surface area contributed by atoms with E-state index in [1.807, 2.05) is 13.8 Å². The zero-order chi connectivity index (χ0) is 18.5. The summed E-state index contributed by atoms with van der Waals surface area (Å²) in [5.74, 6) is 0.458. The lowest BCUT2D eigenvalue weighted by Crippen LogP contribution is -2.05. The Balaban J connectivity index is 1.90. The Morgan fingerprint density at radius 3 is 2.42 bits per heavy atom. The molecule has 0 atom stereocenters. The van der Waals surface area contributed by atoms with Crippen molar-refractivity contribution >= 4 is 17.9 Å². The van der Waals surface area contributed by atoms with Gasteiger partial charge in [-0.15, -0.1) is 0 Å². The van der Waals surface area contributed by atoms with E-state index < -0.39 is 5.97 Å². The normalized spacial score (nSPS) is 15.0. The van der Waals surface area contributed by atoms with Crippen LogP contribution in [-0.4, -0.2) is 25.1 Å². The maximum Gasteiger partial charge on any atom is 0.363 e. The van der Waals surface area contributed by atoms with Gasteiger partial charge in [-0.3, -0.25) is 0 Å². The van der Waals surface area contributed by atoms with E-state index in [-0.39, 0.29) is 17.4 Å². The van der Waals surface area contributed by atoms with Gasteiger partial charge < -0.3 is 14.2 Å². The van der Waals surface area contributed by atoms with Crippen LogP contribution in [0.4, 0.5) is 4.39 Å². The van der Waals surface area contributed by atoms with Crippen molar-refractivity contribution in [3.8, 4) is 11.5 Å². The van der Waals surface area contributed by atoms with E-state index in [2.05, 4.69) is 4.99 Å². The molecule has 0 amide bonds. The lowest BCUT2D eigenvalue weighted by Gasteiger charge is -2.11. The van der Waals surface area contributed by atoms with Crippen molar-refractivity contribution in [3.63, 3.8) is 0 Å². The van der Waals surface area contributed by atoms with Crippen LogP contribution in [0.15, 0.2) is 53.2 Å². The summed E-state index contributed by atoms with van der Waals surface area (Å²) in [5, 5.41) is 0. The van der Waals surface area contributed by atoms with Crippen molar-refractivity contribution < 1.29 is 23.4 Å². The molecule has 0 bridgehead atoms. The van der Waals surface area contributed by atoms with E-state index in [9.17, 15) is 9.18 Å². The van der Waals surface area contributed by atoms with Crippen LogP contribution in [0.1, 0.15) is 25.0 Å². The van der Waals surface area contributed by atoms with Gasteiger partial charge in [-0.1, -0.05) is 6.07 Å². The summed E-state index contributed by atoms with van der Waals surface area (Å²) in [6, 6.07) is 11.0. The Kier molecular flexibility index (Phi) is 5.31. The van der Waals surface area contributed by atoms with Crippen LogP contribution in [0.2, 0.25) is 0 Å². The molecule has 3 rings (SSSR count). The topological polar surface area (TPSA) is 57.1 Å². The monoisotopic (exact) mass is 355 g/mol. The molecule has 2 aromatic rings. The van der Waals surface area contributed by atoms with Gasteiger partial charge in [0.25, 0.3) is 0 Å². The Morgan fingerprint density at radius 2 is 1.73 bits per heavy atom. The van der Waals surface area contributed by atoms with Crippen LogP contribution >= 0.6 is 0 Å². The van der Waals surface area contributed by atoms with Gasteiger partial charge in [-0.05, 0) is 61.9 Å². The third-order valence-corrected chi connectivity index (χ3v) is 3.58. The van der Waals surface area contributed by atoms with E-state index in [4.69, 9.17) is 14.2 Å². The average Bonchev–Trinajstić information content (AvgIpc) is 2.99. The minimum atomic E-state index is -0.559. The van der Waals surface area contributed by atoms with Crippen molar-refractivity contribution in [2.75, 3.05) is 13.2 Å². The number of carbonyl (C=O) groups excluding carboxylic acids is 1. The fraction of sp³-hybridized carbons (Fsp3) is 0.200. The van der Waals surface area contributed by atoms with Crippen molar-refractivity contribution in [1.82, 2.24) is 0 Å². The highest BCUT2D eigenvalue weighted by atomic mass is 19.1. The molecular formula is C20H18FNO4. The summed E-state index contributed by atoms with van der Waals surface area (Å²) in [4.78, 5) is 16.3. The smallest absolute Gasteiger partial charge is 0.363 e. The number of cyclic esters (lactones) is 1. The summed E-state index contributed by atoms with van der Waals surface area (Å²) >= 11 is 0. The number of rotatable bonds is 6. The van der Waals surface area contributed by atoms with Crippen molar-refractivity contribution in [3.05, 3.63) is 65.1 Å². The number of hydrogen-bond donors (Lipinski definition) is 0. The molecule has 0 spiro atoms. The first-order chi connectivity index (χ1) is 12.6. The first-order valence-electron chi connectivity index (χ1n) is 8.29. The molecule has 0 aromatic heterocycles. The van der Waals surface area contributed by atoms with Gasteiger partial charge in [-0.2, -0.15) is 0 Å². The zero-order valence-corrected chi connectivity index (χ0v) is 14.5. The molecule has 1 aliphatic rings. The number of hydrogen-bond acceptors (Lipinski definition) is 5. The highest BCUT2D eigenvalue weighted by Crippen LogP contribution is 2.30. The first-order valence-corrected chi connectivity index (χ1v) is 8.29. The predicted octanol–water partition coefficient (Wildman–Crippen LogP) is 3.97. The van der Waals surface area contributed by atoms with Gasteiger partial charge in [0.15, 0.2) is 17.2 Å². The van der Waals surface area contributed by atoms with Crippen LogP contribution in [0.5, 0.6) is 11.5 Å². The summed E-state index contributed by atoms with van der Waals surface area (Å²) < 4.78 is 29.3. The molecule has 0 radical (unpaired) electrons. The summed E-state index contributed by atoms with van der Waals surface area (Å²) in [7, 11) is 0. The van der Waals surface area contributed by atoms with Crippen LogP contribution in [-0.2, 0) is 9.53 Å². The highest BCUT2D eigenvalue weighted by Gasteiger charge is 2.24. The maximum atomic E-state index is 13.0. The van der Waals surface area contributed by atoms with E-state index in [1.165, 1.54) is 24.3 Å². The van der Waals surface area contributed by atoms with Gasteiger partial charge >= 0.3 is 5.97 Å². The van der Waals surface area contributed by atoms with E-state index >= 15 is 0 Å². The van der Waals surface area contributed by atoms with Gasteiger partial charge in [0.05, 0.1) is 13.2 Å². The predicted molar refractivity (Wildman–Crippen MR) is 95.8 cm³/mol. The minimum absolute atomic E-state index is 0.150. The molecule has 0 unspecified atom stereocenters. The number of esters is 1. The zero-order valence-electron chi connectivity index (χ0n) is 14.5. The number of benzene rings is 2. The molecule has 26 heavy (non-hydrogen) atoms. The second-order valence-corrected chi connectivity index (χ2v) is 5.42. The van der Waals surface area contributed by atoms with Gasteiger partial charge in [0.2, 0.25) is 5.90 Å². The number of ether oxygens (including phenoxy) is 3. The largest absolute Gasteiger partial charge is 0.490 e. The second kappa shape index (κ2) is 7.82. The number of aliphatic imine (C=N–C) groups is 1. The minimum Gasteiger partial charge on any atom is -0.490 e. The standard InChI is InChI=1S/C20H18FNO4/c1-3-24-17-10-5-13(12-18(17)25-4-2)11-16-20(23)26-19(22-16)14-6-8-15(21)9-7-14/h5-12H,3-4H2,1-2H3/b16-11+.